The zero-order chi connectivity index (χ0) is 21.3. The van der Waals surface area contributed by atoms with E-state index in [0.29, 0.717) is 6.54 Å². The summed E-state index contributed by atoms with van der Waals surface area (Å²) in [5.74, 6) is 0.883. The summed E-state index contributed by atoms with van der Waals surface area (Å²) in [5, 5.41) is 13.8. The number of guanidine groups is 1. The van der Waals surface area contributed by atoms with E-state index in [9.17, 15) is 5.11 Å². The monoisotopic (exact) mass is 556 g/mol. The number of nitrogens with one attached hydrogen (secondary N) is 1. The van der Waals surface area contributed by atoms with Gasteiger partial charge in [-0.05, 0) is 48.6 Å². The fraction of sp³-hybridized carbons (Fsp3) is 0.458. The number of hydrogen-bond donors (Lipinski definition) is 2. The van der Waals surface area contributed by atoms with Crippen LogP contribution in [0.1, 0.15) is 36.5 Å². The Morgan fingerprint density at radius 2 is 1.81 bits per heavy atom. The second-order valence-corrected chi connectivity index (χ2v) is 8.42. The van der Waals surface area contributed by atoms with Gasteiger partial charge in [0, 0.05) is 44.8 Å². The van der Waals surface area contributed by atoms with E-state index >= 15 is 0 Å². The highest BCUT2D eigenvalue weighted by molar-refractivity contribution is 14.0. The van der Waals surface area contributed by atoms with Crippen molar-refractivity contribution >= 4 is 41.5 Å². The molecule has 170 valence electrons. The Hall–Kier alpha value is -1.35. The predicted octanol–water partition coefficient (Wildman–Crippen LogP) is 4.51. The van der Waals surface area contributed by atoms with Gasteiger partial charge in [-0.3, -0.25) is 4.90 Å². The van der Waals surface area contributed by atoms with Gasteiger partial charge in [0.25, 0.3) is 0 Å². The van der Waals surface area contributed by atoms with Crippen molar-refractivity contribution in [2.24, 2.45) is 4.99 Å². The third kappa shape index (κ3) is 8.60. The van der Waals surface area contributed by atoms with Gasteiger partial charge >= 0.3 is 0 Å². The van der Waals surface area contributed by atoms with Gasteiger partial charge in [0.15, 0.2) is 5.96 Å². The van der Waals surface area contributed by atoms with Crippen LogP contribution in [0.5, 0.6) is 0 Å². The number of nitrogens with zero attached hydrogens (tertiary/aromatic N) is 3. The molecule has 2 N–H and O–H groups in total. The average molecular weight is 557 g/mol. The first-order valence-corrected chi connectivity index (χ1v) is 11.1. The topological polar surface area (TPSA) is 51.1 Å². The van der Waals surface area contributed by atoms with Crippen LogP contribution in [0, 0.1) is 0 Å². The molecule has 0 atom stereocenters. The van der Waals surface area contributed by atoms with Crippen LogP contribution in [0.2, 0.25) is 5.02 Å². The molecule has 1 aliphatic rings. The third-order valence-corrected chi connectivity index (χ3v) is 5.64. The first kappa shape index (κ1) is 25.9. The van der Waals surface area contributed by atoms with Gasteiger partial charge in [0.05, 0.1) is 12.6 Å². The first-order chi connectivity index (χ1) is 14.5. The van der Waals surface area contributed by atoms with E-state index < -0.39 is 0 Å². The van der Waals surface area contributed by atoms with E-state index in [1.807, 2.05) is 25.2 Å². The van der Waals surface area contributed by atoms with Crippen molar-refractivity contribution in [2.45, 2.75) is 45.5 Å². The first-order valence-electron chi connectivity index (χ1n) is 10.8. The van der Waals surface area contributed by atoms with Crippen molar-refractivity contribution < 1.29 is 5.11 Å². The highest BCUT2D eigenvalue weighted by Gasteiger charge is 2.16. The Morgan fingerprint density at radius 3 is 2.45 bits per heavy atom. The molecule has 0 spiro atoms. The number of halogens is 2. The van der Waals surface area contributed by atoms with Gasteiger partial charge in [-0.2, -0.15) is 0 Å². The lowest BCUT2D eigenvalue weighted by Gasteiger charge is -2.29. The smallest absolute Gasteiger partial charge is 0.194 e. The second kappa shape index (κ2) is 13.3. The molecule has 7 heteroatoms. The van der Waals surface area contributed by atoms with Crippen LogP contribution in [0.4, 0.5) is 0 Å². The number of aliphatic hydroxyl groups excluding tert-OH is 1. The van der Waals surface area contributed by atoms with Crippen LogP contribution in [-0.4, -0.2) is 53.7 Å². The summed E-state index contributed by atoms with van der Waals surface area (Å²) in [6, 6.07) is 16.6. The molecule has 5 nitrogen and oxygen atoms in total. The lowest BCUT2D eigenvalue weighted by Crippen LogP contribution is -2.38. The van der Waals surface area contributed by atoms with Crippen molar-refractivity contribution in [3.63, 3.8) is 0 Å². The second-order valence-electron chi connectivity index (χ2n) is 7.98. The molecule has 0 amide bonds. The van der Waals surface area contributed by atoms with E-state index in [-0.39, 0.29) is 30.1 Å². The number of piperidine rings is 1. The number of likely N-dealkylation sites (tertiary alicyclic amines) is 1. The summed E-state index contributed by atoms with van der Waals surface area (Å²) in [4.78, 5) is 9.35. The normalized spacial score (nSPS) is 15.4. The zero-order valence-electron chi connectivity index (χ0n) is 18.4. The van der Waals surface area contributed by atoms with Crippen molar-refractivity contribution in [3.05, 3.63) is 70.2 Å². The fourth-order valence-corrected chi connectivity index (χ4v) is 3.92. The molecule has 0 radical (unpaired) electrons. The summed E-state index contributed by atoms with van der Waals surface area (Å²) >= 11 is 6.11. The maximum atomic E-state index is 9.65. The lowest BCUT2D eigenvalue weighted by molar-refractivity contribution is 0.0792. The third-order valence-electron chi connectivity index (χ3n) is 5.40. The molecule has 0 bridgehead atoms. The molecule has 1 saturated heterocycles. The highest BCUT2D eigenvalue weighted by atomic mass is 127. The average Bonchev–Trinajstić information content (AvgIpc) is 2.74. The largest absolute Gasteiger partial charge is 0.393 e. The van der Waals surface area contributed by atoms with Crippen LogP contribution in [0.15, 0.2) is 53.5 Å². The molecule has 2 aromatic carbocycles. The number of aliphatic hydroxyl groups is 1. The standard InChI is InChI=1S/C24H33ClN4O.HI/c1-3-26-24(28(2)17-21-5-4-6-22(25)15-21)27-16-19-7-9-20(10-8-19)18-29-13-11-23(30)12-14-29;/h4-10,15,23,30H,3,11-14,16-18H2,1-2H3,(H,26,27);1H. The van der Waals surface area contributed by atoms with Gasteiger partial charge in [0.2, 0.25) is 0 Å². The van der Waals surface area contributed by atoms with E-state index in [1.54, 1.807) is 0 Å². The minimum absolute atomic E-state index is 0. The van der Waals surface area contributed by atoms with E-state index in [4.69, 9.17) is 16.6 Å². The maximum Gasteiger partial charge on any atom is 0.194 e. The van der Waals surface area contributed by atoms with Crippen LogP contribution in [0.25, 0.3) is 0 Å². The van der Waals surface area contributed by atoms with E-state index in [1.165, 1.54) is 11.1 Å². The Bertz CT molecular complexity index is 823. The molecule has 31 heavy (non-hydrogen) atoms. The number of rotatable bonds is 7. The van der Waals surface area contributed by atoms with Crippen LogP contribution >= 0.6 is 35.6 Å². The van der Waals surface area contributed by atoms with Crippen molar-refractivity contribution in [3.8, 4) is 0 Å². The summed E-state index contributed by atoms with van der Waals surface area (Å²) in [6.07, 6.45) is 1.63. The Labute approximate surface area is 208 Å². The lowest BCUT2D eigenvalue weighted by atomic mass is 10.1. The number of hydrogen-bond acceptors (Lipinski definition) is 3. The highest BCUT2D eigenvalue weighted by Crippen LogP contribution is 2.15. The summed E-state index contributed by atoms with van der Waals surface area (Å²) in [5.41, 5.74) is 3.66. The van der Waals surface area contributed by atoms with Gasteiger partial charge in [-0.15, -0.1) is 24.0 Å². The molecule has 0 aromatic heterocycles. The van der Waals surface area contributed by atoms with E-state index in [0.717, 1.165) is 62.1 Å². The molecule has 1 fully saturated rings. The molecule has 1 aliphatic heterocycles. The molecule has 3 rings (SSSR count). The predicted molar refractivity (Wildman–Crippen MR) is 140 cm³/mol. The Balaban J connectivity index is 0.00000341. The molecule has 0 saturated carbocycles. The van der Waals surface area contributed by atoms with E-state index in [2.05, 4.69) is 52.4 Å². The number of aliphatic imine (C=N–C) groups is 1. The quantitative estimate of drug-likeness (QED) is 0.299. The van der Waals surface area contributed by atoms with Crippen LogP contribution in [-0.2, 0) is 19.6 Å². The zero-order valence-corrected chi connectivity index (χ0v) is 21.5. The van der Waals surface area contributed by atoms with Gasteiger partial charge in [-0.25, -0.2) is 4.99 Å². The Morgan fingerprint density at radius 1 is 1.13 bits per heavy atom. The molecule has 2 aromatic rings. The molecular formula is C24H34ClIN4O. The van der Waals surface area contributed by atoms with Gasteiger partial charge in [0.1, 0.15) is 0 Å². The maximum absolute atomic E-state index is 9.65. The summed E-state index contributed by atoms with van der Waals surface area (Å²) < 4.78 is 0. The van der Waals surface area contributed by atoms with Crippen molar-refractivity contribution in [1.82, 2.24) is 15.1 Å². The molecule has 1 heterocycles. The minimum atomic E-state index is -0.121. The van der Waals surface area contributed by atoms with Gasteiger partial charge in [-0.1, -0.05) is 48.0 Å². The minimum Gasteiger partial charge on any atom is -0.393 e. The molecular weight excluding hydrogens is 523 g/mol. The fourth-order valence-electron chi connectivity index (χ4n) is 3.71. The molecule has 0 aliphatic carbocycles. The van der Waals surface area contributed by atoms with Crippen molar-refractivity contribution in [1.29, 1.82) is 0 Å². The van der Waals surface area contributed by atoms with Crippen LogP contribution in [0.3, 0.4) is 0 Å². The Kier molecular flexibility index (Phi) is 11.1. The SMILES string of the molecule is CCNC(=NCc1ccc(CN2CCC(O)CC2)cc1)N(C)Cc1cccc(Cl)c1.I. The molecule has 0 unspecified atom stereocenters. The summed E-state index contributed by atoms with van der Waals surface area (Å²) in [7, 11) is 2.04. The number of benzene rings is 2. The van der Waals surface area contributed by atoms with Crippen molar-refractivity contribution in [2.75, 3.05) is 26.7 Å². The van der Waals surface area contributed by atoms with Crippen LogP contribution < -0.4 is 5.32 Å². The van der Waals surface area contributed by atoms with Gasteiger partial charge < -0.3 is 15.3 Å². The summed E-state index contributed by atoms with van der Waals surface area (Å²) in [6.45, 7) is 7.17.